The minimum atomic E-state index is -0.202. The van der Waals surface area contributed by atoms with Gasteiger partial charge in [0.2, 0.25) is 5.91 Å². The van der Waals surface area contributed by atoms with E-state index in [1.807, 2.05) is 12.1 Å². The van der Waals surface area contributed by atoms with Gasteiger partial charge in [0.25, 0.3) is 0 Å². The quantitative estimate of drug-likeness (QED) is 0.911. The van der Waals surface area contributed by atoms with Crippen LogP contribution in [0.2, 0.25) is 0 Å². The summed E-state index contributed by atoms with van der Waals surface area (Å²) in [5.41, 5.74) is 1.14. The fourth-order valence-electron chi connectivity index (χ4n) is 3.91. The highest BCUT2D eigenvalue weighted by Gasteiger charge is 2.37. The zero-order valence-corrected chi connectivity index (χ0v) is 13.4. The number of hydrogen-bond acceptors (Lipinski definition) is 2. The van der Waals surface area contributed by atoms with Crippen LogP contribution in [0.4, 0.5) is 4.39 Å². The maximum Gasteiger partial charge on any atom is 0.226 e. The van der Waals surface area contributed by atoms with Gasteiger partial charge in [-0.1, -0.05) is 12.1 Å². The van der Waals surface area contributed by atoms with Crippen LogP contribution in [0.15, 0.2) is 24.3 Å². The van der Waals surface area contributed by atoms with Crippen LogP contribution in [0, 0.1) is 11.7 Å². The summed E-state index contributed by atoms with van der Waals surface area (Å²) in [4.78, 5) is 14.9. The molecule has 0 aliphatic carbocycles. The fourth-order valence-corrected chi connectivity index (χ4v) is 3.91. The molecule has 120 valence electrons. The molecule has 2 heterocycles. The van der Waals surface area contributed by atoms with Gasteiger partial charge in [0.1, 0.15) is 5.82 Å². The second kappa shape index (κ2) is 6.37. The van der Waals surface area contributed by atoms with Gasteiger partial charge in [-0.05, 0) is 57.4 Å². The summed E-state index contributed by atoms with van der Waals surface area (Å²) in [5, 5.41) is 3.40. The van der Waals surface area contributed by atoms with Crippen molar-refractivity contribution in [3.8, 4) is 0 Å². The summed E-state index contributed by atoms with van der Waals surface area (Å²) in [6.07, 6.45) is 2.84. The molecule has 0 radical (unpaired) electrons. The highest BCUT2D eigenvalue weighted by atomic mass is 19.1. The summed E-state index contributed by atoms with van der Waals surface area (Å²) in [7, 11) is 0. The van der Waals surface area contributed by atoms with Crippen molar-refractivity contribution in [1.29, 1.82) is 0 Å². The van der Waals surface area contributed by atoms with Gasteiger partial charge in [0.05, 0.1) is 0 Å². The lowest BCUT2D eigenvalue weighted by Gasteiger charge is -2.32. The van der Waals surface area contributed by atoms with E-state index in [0.717, 1.165) is 37.9 Å². The molecule has 2 aliphatic rings. The Morgan fingerprint density at radius 1 is 1.23 bits per heavy atom. The fraction of sp³-hybridized carbons (Fsp3) is 0.611. The van der Waals surface area contributed by atoms with Crippen LogP contribution in [-0.2, 0) is 4.79 Å². The van der Waals surface area contributed by atoms with Crippen LogP contribution in [0.1, 0.15) is 44.6 Å². The topological polar surface area (TPSA) is 32.3 Å². The third-order valence-corrected chi connectivity index (χ3v) is 5.17. The first kappa shape index (κ1) is 15.5. The highest BCUT2D eigenvalue weighted by Crippen LogP contribution is 2.33. The van der Waals surface area contributed by atoms with Crippen molar-refractivity contribution in [2.45, 2.75) is 51.1 Å². The average molecular weight is 304 g/mol. The van der Waals surface area contributed by atoms with Gasteiger partial charge in [0.15, 0.2) is 0 Å². The third kappa shape index (κ3) is 3.17. The van der Waals surface area contributed by atoms with E-state index in [-0.39, 0.29) is 17.8 Å². The number of nitrogens with zero attached hydrogens (tertiary/aromatic N) is 1. The molecule has 1 amide bonds. The van der Waals surface area contributed by atoms with Crippen LogP contribution in [-0.4, -0.2) is 36.0 Å². The summed E-state index contributed by atoms with van der Waals surface area (Å²) >= 11 is 0. The molecule has 3 rings (SSSR count). The number of hydrogen-bond donors (Lipinski definition) is 1. The second-order valence-corrected chi connectivity index (χ2v) is 6.90. The zero-order valence-electron chi connectivity index (χ0n) is 13.4. The van der Waals surface area contributed by atoms with Gasteiger partial charge >= 0.3 is 0 Å². The number of piperidine rings is 1. The van der Waals surface area contributed by atoms with Crippen molar-refractivity contribution in [2.75, 3.05) is 13.1 Å². The van der Waals surface area contributed by atoms with E-state index >= 15 is 0 Å². The number of amides is 1. The Hall–Kier alpha value is -1.42. The van der Waals surface area contributed by atoms with E-state index in [1.54, 1.807) is 0 Å². The summed E-state index contributed by atoms with van der Waals surface area (Å²) in [6, 6.07) is 7.43. The minimum Gasteiger partial charge on any atom is -0.339 e. The molecule has 1 N–H and O–H groups in total. The SMILES string of the molecule is CC1CC(c2ccc(F)cc2)CN1C(=O)[C@H]1CCN[C@@H](C)C1. The average Bonchev–Trinajstić information content (AvgIpc) is 2.89. The van der Waals surface area contributed by atoms with Gasteiger partial charge in [-0.3, -0.25) is 4.79 Å². The lowest BCUT2D eigenvalue weighted by molar-refractivity contribution is -0.137. The second-order valence-electron chi connectivity index (χ2n) is 6.90. The molecule has 2 fully saturated rings. The summed E-state index contributed by atoms with van der Waals surface area (Å²) < 4.78 is 13.1. The lowest BCUT2D eigenvalue weighted by Crippen LogP contribution is -2.45. The molecule has 0 saturated carbocycles. The first-order valence-electron chi connectivity index (χ1n) is 8.34. The van der Waals surface area contributed by atoms with Crippen molar-refractivity contribution in [2.24, 2.45) is 5.92 Å². The Kier molecular flexibility index (Phi) is 4.48. The molecule has 1 aromatic carbocycles. The standard InChI is InChI=1S/C18H25FN2O/c1-12-9-15(7-8-20-12)18(22)21-11-16(10-13(21)2)14-3-5-17(19)6-4-14/h3-6,12-13,15-16,20H,7-11H2,1-2H3/t12-,13?,15-,16?/m0/s1. The van der Waals surface area contributed by atoms with Crippen molar-refractivity contribution >= 4 is 5.91 Å². The molecular formula is C18H25FN2O. The molecule has 22 heavy (non-hydrogen) atoms. The molecule has 4 heteroatoms. The molecule has 2 aliphatic heterocycles. The van der Waals surface area contributed by atoms with Crippen molar-refractivity contribution in [3.05, 3.63) is 35.6 Å². The minimum absolute atomic E-state index is 0.158. The molecule has 0 aromatic heterocycles. The van der Waals surface area contributed by atoms with E-state index in [2.05, 4.69) is 24.1 Å². The number of benzene rings is 1. The van der Waals surface area contributed by atoms with Gasteiger partial charge in [0, 0.05) is 30.5 Å². The molecule has 2 saturated heterocycles. The van der Waals surface area contributed by atoms with Crippen LogP contribution >= 0.6 is 0 Å². The largest absolute Gasteiger partial charge is 0.339 e. The summed E-state index contributed by atoms with van der Waals surface area (Å²) in [6.45, 7) is 5.98. The lowest BCUT2D eigenvalue weighted by atomic mass is 9.92. The maximum absolute atomic E-state index is 13.1. The Bertz CT molecular complexity index is 530. The van der Waals surface area contributed by atoms with Gasteiger partial charge in [-0.25, -0.2) is 4.39 Å². The molecule has 2 unspecified atom stereocenters. The third-order valence-electron chi connectivity index (χ3n) is 5.17. The summed E-state index contributed by atoms with van der Waals surface area (Å²) in [5.74, 6) is 0.598. The van der Waals surface area contributed by atoms with E-state index in [1.165, 1.54) is 12.1 Å². The van der Waals surface area contributed by atoms with Gasteiger partial charge in [-0.15, -0.1) is 0 Å². The molecule has 0 spiro atoms. The first-order chi connectivity index (χ1) is 10.5. The number of likely N-dealkylation sites (tertiary alicyclic amines) is 1. The molecular weight excluding hydrogens is 279 g/mol. The molecule has 4 atom stereocenters. The molecule has 1 aromatic rings. The smallest absolute Gasteiger partial charge is 0.226 e. The van der Waals surface area contributed by atoms with E-state index in [0.29, 0.717) is 17.9 Å². The van der Waals surface area contributed by atoms with Gasteiger partial charge in [-0.2, -0.15) is 0 Å². The number of nitrogens with one attached hydrogen (secondary N) is 1. The zero-order chi connectivity index (χ0) is 15.7. The molecule has 3 nitrogen and oxygen atoms in total. The van der Waals surface area contributed by atoms with E-state index < -0.39 is 0 Å². The predicted molar refractivity (Wildman–Crippen MR) is 85.1 cm³/mol. The monoisotopic (exact) mass is 304 g/mol. The first-order valence-corrected chi connectivity index (χ1v) is 8.34. The van der Waals surface area contributed by atoms with Crippen molar-refractivity contribution < 1.29 is 9.18 Å². The Morgan fingerprint density at radius 2 is 1.95 bits per heavy atom. The Labute approximate surface area is 131 Å². The van der Waals surface area contributed by atoms with Crippen LogP contribution in [0.5, 0.6) is 0 Å². The number of carbonyl (C=O) groups is 1. The van der Waals surface area contributed by atoms with Crippen molar-refractivity contribution in [1.82, 2.24) is 10.2 Å². The maximum atomic E-state index is 13.1. The predicted octanol–water partition coefficient (Wildman–Crippen LogP) is 2.92. The number of rotatable bonds is 2. The van der Waals surface area contributed by atoms with Crippen LogP contribution in [0.3, 0.4) is 0 Å². The van der Waals surface area contributed by atoms with Gasteiger partial charge < -0.3 is 10.2 Å². The van der Waals surface area contributed by atoms with E-state index in [4.69, 9.17) is 0 Å². The number of carbonyl (C=O) groups excluding carboxylic acids is 1. The number of halogens is 1. The normalized spacial score (nSPS) is 32.2. The highest BCUT2D eigenvalue weighted by molar-refractivity contribution is 5.79. The Morgan fingerprint density at radius 3 is 2.64 bits per heavy atom. The Balaban J connectivity index is 1.67. The van der Waals surface area contributed by atoms with Crippen LogP contribution in [0.25, 0.3) is 0 Å². The van der Waals surface area contributed by atoms with E-state index in [9.17, 15) is 9.18 Å². The van der Waals surface area contributed by atoms with Crippen molar-refractivity contribution in [3.63, 3.8) is 0 Å². The van der Waals surface area contributed by atoms with Crippen LogP contribution < -0.4 is 5.32 Å². The molecule has 0 bridgehead atoms.